The molecule has 0 aliphatic carbocycles. The molecule has 222 valence electrons. The van der Waals surface area contributed by atoms with Crippen molar-refractivity contribution in [2.45, 2.75) is 33.5 Å². The number of fused-ring (bicyclic) bond motifs is 2. The van der Waals surface area contributed by atoms with Crippen LogP contribution >= 0.6 is 0 Å². The molecular weight excluding hydrogens is 550 g/mol. The number of carbonyl (C=O) groups is 2. The summed E-state index contributed by atoms with van der Waals surface area (Å²) in [5, 5.41) is 3.04. The molecule has 1 aliphatic rings. The Morgan fingerprint density at radius 3 is 2.18 bits per heavy atom. The van der Waals surface area contributed by atoms with Crippen LogP contribution in [0.1, 0.15) is 48.8 Å². The molecule has 0 bridgehead atoms. The molecule has 0 unspecified atom stereocenters. The first-order chi connectivity index (χ1) is 21.4. The average molecular weight is 586 g/mol. The predicted molar refractivity (Wildman–Crippen MR) is 173 cm³/mol. The number of aryl methyl sites for hydroxylation is 2. The third-order valence-electron chi connectivity index (χ3n) is 8.25. The van der Waals surface area contributed by atoms with E-state index in [1.807, 2.05) is 95.3 Å². The number of hydrogen-bond donors (Lipinski definition) is 1. The molecule has 0 radical (unpaired) electrons. The molecule has 4 aromatic carbocycles. The van der Waals surface area contributed by atoms with Crippen LogP contribution in [-0.4, -0.2) is 30.6 Å². The molecule has 1 aliphatic heterocycles. The lowest BCUT2D eigenvalue weighted by molar-refractivity contribution is 0.0941. The standard InChI is InChI=1S/C37H35N3O4/c1-24-9-5-7-11-32(24)33-15-13-27(17-25(33)2)37(42)40-23-29-14-16-35(39(29)22-28-10-6-8-12-34(28)40)36(41)38-21-26-18-30(43-3)20-31(19-26)44-4/h5-20H,21-23H2,1-4H3,(H,38,41). The van der Waals surface area contributed by atoms with Crippen molar-refractivity contribution in [3.63, 3.8) is 0 Å². The van der Waals surface area contributed by atoms with Gasteiger partial charge < -0.3 is 24.3 Å². The summed E-state index contributed by atoms with van der Waals surface area (Å²) in [4.78, 5) is 29.4. The summed E-state index contributed by atoms with van der Waals surface area (Å²) in [6, 6.07) is 31.4. The van der Waals surface area contributed by atoms with Gasteiger partial charge in [-0.3, -0.25) is 9.59 Å². The minimum atomic E-state index is -0.197. The Labute approximate surface area is 257 Å². The van der Waals surface area contributed by atoms with Crippen LogP contribution < -0.4 is 19.7 Å². The lowest BCUT2D eigenvalue weighted by Crippen LogP contribution is -2.30. The van der Waals surface area contributed by atoms with Crippen LogP contribution in [0.2, 0.25) is 0 Å². The minimum absolute atomic E-state index is 0.0792. The van der Waals surface area contributed by atoms with Gasteiger partial charge in [0, 0.05) is 29.6 Å². The molecule has 7 nitrogen and oxygen atoms in total. The summed E-state index contributed by atoms with van der Waals surface area (Å²) >= 11 is 0. The molecule has 0 atom stereocenters. The van der Waals surface area contributed by atoms with Crippen molar-refractivity contribution in [2.75, 3.05) is 19.1 Å². The topological polar surface area (TPSA) is 72.8 Å². The molecular formula is C37H35N3O4. The molecule has 2 amide bonds. The molecule has 7 heteroatoms. The number of amides is 2. The van der Waals surface area contributed by atoms with Crippen molar-refractivity contribution in [2.24, 2.45) is 0 Å². The van der Waals surface area contributed by atoms with Crippen molar-refractivity contribution >= 4 is 17.5 Å². The first-order valence-corrected chi connectivity index (χ1v) is 14.6. The van der Waals surface area contributed by atoms with Crippen LogP contribution in [0.3, 0.4) is 0 Å². The normalized spacial score (nSPS) is 12.1. The van der Waals surface area contributed by atoms with Crippen LogP contribution in [0, 0.1) is 13.8 Å². The number of benzene rings is 4. The van der Waals surface area contributed by atoms with Crippen molar-refractivity contribution in [3.8, 4) is 22.6 Å². The lowest BCUT2D eigenvalue weighted by atomic mass is 9.95. The van der Waals surface area contributed by atoms with Crippen molar-refractivity contribution in [3.05, 3.63) is 136 Å². The van der Waals surface area contributed by atoms with E-state index in [0.29, 0.717) is 42.4 Å². The van der Waals surface area contributed by atoms with Gasteiger partial charge in [0.2, 0.25) is 0 Å². The van der Waals surface area contributed by atoms with E-state index in [0.717, 1.165) is 33.6 Å². The van der Waals surface area contributed by atoms with E-state index in [1.165, 1.54) is 11.1 Å². The Morgan fingerprint density at radius 1 is 0.750 bits per heavy atom. The van der Waals surface area contributed by atoms with E-state index < -0.39 is 0 Å². The zero-order valence-corrected chi connectivity index (χ0v) is 25.4. The lowest BCUT2D eigenvalue weighted by Gasteiger charge is -2.23. The monoisotopic (exact) mass is 585 g/mol. The fourth-order valence-corrected chi connectivity index (χ4v) is 5.91. The second-order valence-corrected chi connectivity index (χ2v) is 11.1. The third-order valence-corrected chi connectivity index (χ3v) is 8.25. The molecule has 1 aromatic heterocycles. The van der Waals surface area contributed by atoms with E-state index in [4.69, 9.17) is 9.47 Å². The number of para-hydroxylation sites is 1. The molecule has 6 rings (SSSR count). The van der Waals surface area contributed by atoms with E-state index in [9.17, 15) is 9.59 Å². The van der Waals surface area contributed by atoms with Gasteiger partial charge in [-0.05, 0) is 89.7 Å². The van der Waals surface area contributed by atoms with Crippen molar-refractivity contribution < 1.29 is 19.1 Å². The molecule has 5 aromatic rings. The van der Waals surface area contributed by atoms with Crippen molar-refractivity contribution in [1.82, 2.24) is 9.88 Å². The highest BCUT2D eigenvalue weighted by molar-refractivity contribution is 6.07. The summed E-state index contributed by atoms with van der Waals surface area (Å²) in [7, 11) is 3.20. The number of hydrogen-bond acceptors (Lipinski definition) is 4. The number of aromatic nitrogens is 1. The zero-order chi connectivity index (χ0) is 30.8. The number of nitrogens with zero attached hydrogens (tertiary/aromatic N) is 2. The Kier molecular flexibility index (Phi) is 7.94. The highest BCUT2D eigenvalue weighted by Gasteiger charge is 2.27. The van der Waals surface area contributed by atoms with Gasteiger partial charge in [0.05, 0.1) is 27.3 Å². The van der Waals surface area contributed by atoms with Crippen molar-refractivity contribution in [1.29, 1.82) is 0 Å². The van der Waals surface area contributed by atoms with Crippen LogP contribution in [0.15, 0.2) is 97.1 Å². The van der Waals surface area contributed by atoms with E-state index >= 15 is 0 Å². The van der Waals surface area contributed by atoms with Gasteiger partial charge in [-0.1, -0.05) is 48.5 Å². The minimum Gasteiger partial charge on any atom is -0.497 e. The Hall–Kier alpha value is -5.30. The SMILES string of the molecule is COc1cc(CNC(=O)c2ccc3n2Cc2ccccc2N(C(=O)c2ccc(-c4ccccc4C)c(C)c2)C3)cc(OC)c1. The highest BCUT2D eigenvalue weighted by atomic mass is 16.5. The van der Waals surface area contributed by atoms with Crippen LogP contribution in [-0.2, 0) is 19.6 Å². The fourth-order valence-electron chi connectivity index (χ4n) is 5.91. The van der Waals surface area contributed by atoms with E-state index in [1.54, 1.807) is 20.3 Å². The summed E-state index contributed by atoms with van der Waals surface area (Å²) in [6.45, 7) is 5.28. The second-order valence-electron chi connectivity index (χ2n) is 11.1. The smallest absolute Gasteiger partial charge is 0.268 e. The number of rotatable bonds is 7. The molecule has 0 saturated heterocycles. The number of methoxy groups -OCH3 is 2. The number of anilines is 1. The zero-order valence-electron chi connectivity index (χ0n) is 25.4. The van der Waals surface area contributed by atoms with E-state index in [-0.39, 0.29) is 11.8 Å². The van der Waals surface area contributed by atoms with Gasteiger partial charge in [-0.2, -0.15) is 0 Å². The first kappa shape index (κ1) is 28.8. The number of ether oxygens (including phenoxy) is 2. The summed E-state index contributed by atoms with van der Waals surface area (Å²) in [6.07, 6.45) is 0. The molecule has 0 spiro atoms. The van der Waals surface area contributed by atoms with Crippen LogP contribution in [0.25, 0.3) is 11.1 Å². The fraction of sp³-hybridized carbons (Fsp3) is 0.189. The second kappa shape index (κ2) is 12.1. The number of nitrogens with one attached hydrogen (secondary N) is 1. The summed E-state index contributed by atoms with van der Waals surface area (Å²) in [5.41, 5.74) is 9.25. The molecule has 1 N–H and O–H groups in total. The Morgan fingerprint density at radius 2 is 1.45 bits per heavy atom. The predicted octanol–water partition coefficient (Wildman–Crippen LogP) is 6.93. The van der Waals surface area contributed by atoms with Crippen LogP contribution in [0.4, 0.5) is 5.69 Å². The third kappa shape index (κ3) is 5.56. The van der Waals surface area contributed by atoms with Crippen LogP contribution in [0.5, 0.6) is 11.5 Å². The van der Waals surface area contributed by atoms with Gasteiger partial charge in [0.1, 0.15) is 17.2 Å². The highest BCUT2D eigenvalue weighted by Crippen LogP contribution is 2.32. The Bertz CT molecular complexity index is 1850. The first-order valence-electron chi connectivity index (χ1n) is 14.6. The molecule has 0 saturated carbocycles. The summed E-state index contributed by atoms with van der Waals surface area (Å²) in [5.74, 6) is 1.04. The molecule has 2 heterocycles. The van der Waals surface area contributed by atoms with Gasteiger partial charge >= 0.3 is 0 Å². The Balaban J connectivity index is 1.27. The molecule has 0 fully saturated rings. The van der Waals surface area contributed by atoms with Gasteiger partial charge in [0.25, 0.3) is 11.8 Å². The maximum atomic E-state index is 14.1. The average Bonchev–Trinajstić information content (AvgIpc) is 3.36. The number of carbonyl (C=O) groups excluding carboxylic acids is 2. The summed E-state index contributed by atoms with van der Waals surface area (Å²) < 4.78 is 12.7. The van der Waals surface area contributed by atoms with Gasteiger partial charge in [-0.25, -0.2) is 0 Å². The van der Waals surface area contributed by atoms with E-state index in [2.05, 4.69) is 24.4 Å². The quantitative estimate of drug-likeness (QED) is 0.225. The van der Waals surface area contributed by atoms with Gasteiger partial charge in [0.15, 0.2) is 0 Å². The maximum absolute atomic E-state index is 14.1. The largest absolute Gasteiger partial charge is 0.497 e. The maximum Gasteiger partial charge on any atom is 0.268 e. The molecule has 44 heavy (non-hydrogen) atoms. The van der Waals surface area contributed by atoms with Gasteiger partial charge in [-0.15, -0.1) is 0 Å².